The lowest BCUT2D eigenvalue weighted by Gasteiger charge is -2.04. The minimum atomic E-state index is -0.500. The first kappa shape index (κ1) is 12.2. The number of carbonyl (C=O) groups is 1. The molecule has 0 saturated carbocycles. The number of nitrogens with one attached hydrogen (secondary N) is 2. The van der Waals surface area contributed by atoms with E-state index in [4.69, 9.17) is 5.73 Å². The average molecular weight is 270 g/mol. The second-order valence-electron chi connectivity index (χ2n) is 4.31. The standard InChI is InChI=1S/C14H11FN4O/c15-10-3-1-2-4-12(10)17-14(20)13-9-7-8(16)5-6-11(9)18-19-13/h1-7H,16H2,(H,17,20)(H,18,19). The van der Waals surface area contributed by atoms with E-state index >= 15 is 0 Å². The summed E-state index contributed by atoms with van der Waals surface area (Å²) >= 11 is 0. The van der Waals surface area contributed by atoms with Crippen LogP contribution in [0.4, 0.5) is 15.8 Å². The molecule has 0 saturated heterocycles. The summed E-state index contributed by atoms with van der Waals surface area (Å²) in [7, 11) is 0. The number of fused-ring (bicyclic) bond motifs is 1. The topological polar surface area (TPSA) is 83.8 Å². The van der Waals surface area contributed by atoms with Crippen LogP contribution in [-0.4, -0.2) is 16.1 Å². The highest BCUT2D eigenvalue weighted by molar-refractivity contribution is 6.11. The largest absolute Gasteiger partial charge is 0.399 e. The van der Waals surface area contributed by atoms with Crippen molar-refractivity contribution in [1.29, 1.82) is 0 Å². The monoisotopic (exact) mass is 270 g/mol. The van der Waals surface area contributed by atoms with E-state index < -0.39 is 11.7 Å². The highest BCUT2D eigenvalue weighted by Crippen LogP contribution is 2.20. The number of nitrogens with two attached hydrogens (primary N) is 1. The van der Waals surface area contributed by atoms with Gasteiger partial charge in [0.05, 0.1) is 11.2 Å². The van der Waals surface area contributed by atoms with E-state index in [1.165, 1.54) is 12.1 Å². The number of hydrogen-bond donors (Lipinski definition) is 3. The van der Waals surface area contributed by atoms with Gasteiger partial charge in [0.15, 0.2) is 5.69 Å². The molecule has 0 aliphatic carbocycles. The Morgan fingerprint density at radius 2 is 2.05 bits per heavy atom. The maximum atomic E-state index is 13.5. The van der Waals surface area contributed by atoms with Crippen molar-refractivity contribution in [3.05, 3.63) is 54.0 Å². The average Bonchev–Trinajstić information content (AvgIpc) is 2.84. The molecule has 3 aromatic rings. The molecule has 0 fully saturated rings. The number of aromatic amines is 1. The highest BCUT2D eigenvalue weighted by Gasteiger charge is 2.15. The molecule has 0 atom stereocenters. The summed E-state index contributed by atoms with van der Waals surface area (Å²) in [6, 6.07) is 11.0. The number of nitrogens with zero attached hydrogens (tertiary/aromatic N) is 1. The number of aromatic nitrogens is 2. The number of hydrogen-bond acceptors (Lipinski definition) is 3. The van der Waals surface area contributed by atoms with Gasteiger partial charge in [-0.2, -0.15) is 5.10 Å². The van der Waals surface area contributed by atoms with Gasteiger partial charge in [-0.3, -0.25) is 9.89 Å². The number of benzene rings is 2. The lowest BCUT2D eigenvalue weighted by molar-refractivity contribution is 0.102. The zero-order chi connectivity index (χ0) is 14.1. The van der Waals surface area contributed by atoms with Crippen LogP contribution < -0.4 is 11.1 Å². The molecule has 2 aromatic carbocycles. The minimum absolute atomic E-state index is 0.109. The van der Waals surface area contributed by atoms with E-state index in [0.717, 1.165) is 0 Å². The van der Waals surface area contributed by atoms with Crippen molar-refractivity contribution in [2.45, 2.75) is 0 Å². The maximum absolute atomic E-state index is 13.5. The molecule has 3 rings (SSSR count). The molecule has 0 aliphatic rings. The zero-order valence-corrected chi connectivity index (χ0v) is 10.4. The van der Waals surface area contributed by atoms with Crippen LogP contribution in [0, 0.1) is 5.82 Å². The highest BCUT2D eigenvalue weighted by atomic mass is 19.1. The van der Waals surface area contributed by atoms with Gasteiger partial charge in [0.2, 0.25) is 0 Å². The molecule has 20 heavy (non-hydrogen) atoms. The molecule has 0 spiro atoms. The third kappa shape index (κ3) is 2.07. The fourth-order valence-corrected chi connectivity index (χ4v) is 1.95. The Bertz CT molecular complexity index is 797. The van der Waals surface area contributed by atoms with E-state index in [2.05, 4.69) is 15.5 Å². The van der Waals surface area contributed by atoms with Crippen molar-refractivity contribution in [2.75, 3.05) is 11.1 Å². The normalized spacial score (nSPS) is 10.7. The SMILES string of the molecule is Nc1ccc2[nH]nc(C(=O)Nc3ccccc3F)c2c1. The van der Waals surface area contributed by atoms with E-state index in [0.29, 0.717) is 16.6 Å². The fraction of sp³-hybridized carbons (Fsp3) is 0. The van der Waals surface area contributed by atoms with Gasteiger partial charge in [-0.15, -0.1) is 0 Å². The van der Waals surface area contributed by atoms with Crippen LogP contribution in [0.1, 0.15) is 10.5 Å². The van der Waals surface area contributed by atoms with E-state index in [1.807, 2.05) is 0 Å². The summed E-state index contributed by atoms with van der Waals surface area (Å²) in [5.41, 5.74) is 7.20. The molecule has 0 bridgehead atoms. The molecular formula is C14H11FN4O. The lowest BCUT2D eigenvalue weighted by Crippen LogP contribution is -2.13. The van der Waals surface area contributed by atoms with Crippen LogP contribution in [0.3, 0.4) is 0 Å². The third-order valence-corrected chi connectivity index (χ3v) is 2.92. The summed E-state index contributed by atoms with van der Waals surface area (Å²) in [6.45, 7) is 0. The van der Waals surface area contributed by atoms with E-state index in [9.17, 15) is 9.18 Å². The number of H-pyrrole nitrogens is 1. The number of anilines is 2. The third-order valence-electron chi connectivity index (χ3n) is 2.92. The summed E-state index contributed by atoms with van der Waals surface area (Å²) in [5.74, 6) is -0.993. The molecule has 0 unspecified atom stereocenters. The first-order valence-electron chi connectivity index (χ1n) is 5.94. The fourth-order valence-electron chi connectivity index (χ4n) is 1.95. The van der Waals surface area contributed by atoms with Crippen molar-refractivity contribution >= 4 is 28.2 Å². The number of rotatable bonds is 2. The summed E-state index contributed by atoms with van der Waals surface area (Å²) in [4.78, 5) is 12.2. The second-order valence-corrected chi connectivity index (χ2v) is 4.31. The summed E-state index contributed by atoms with van der Waals surface area (Å²) < 4.78 is 13.5. The Kier molecular flexibility index (Phi) is 2.83. The lowest BCUT2D eigenvalue weighted by atomic mass is 10.2. The number of carbonyl (C=O) groups excluding carboxylic acids is 1. The van der Waals surface area contributed by atoms with E-state index in [1.54, 1.807) is 30.3 Å². The molecule has 1 amide bonds. The van der Waals surface area contributed by atoms with Crippen LogP contribution >= 0.6 is 0 Å². The first-order valence-corrected chi connectivity index (χ1v) is 5.94. The predicted octanol–water partition coefficient (Wildman–Crippen LogP) is 2.54. The molecule has 1 heterocycles. The van der Waals surface area contributed by atoms with Crippen LogP contribution in [-0.2, 0) is 0 Å². The van der Waals surface area contributed by atoms with Crippen molar-refractivity contribution in [3.63, 3.8) is 0 Å². The molecular weight excluding hydrogens is 259 g/mol. The van der Waals surface area contributed by atoms with Crippen molar-refractivity contribution < 1.29 is 9.18 Å². The predicted molar refractivity (Wildman–Crippen MR) is 74.9 cm³/mol. The van der Waals surface area contributed by atoms with Crippen LogP contribution in [0.2, 0.25) is 0 Å². The number of halogens is 1. The Hall–Kier alpha value is -2.89. The first-order chi connectivity index (χ1) is 9.65. The number of para-hydroxylation sites is 1. The summed E-state index contributed by atoms with van der Waals surface area (Å²) in [5, 5.41) is 9.77. The van der Waals surface area contributed by atoms with Gasteiger partial charge in [-0.05, 0) is 30.3 Å². The van der Waals surface area contributed by atoms with Gasteiger partial charge in [0.25, 0.3) is 5.91 Å². The minimum Gasteiger partial charge on any atom is -0.399 e. The van der Waals surface area contributed by atoms with Gasteiger partial charge in [0.1, 0.15) is 5.82 Å². The van der Waals surface area contributed by atoms with Crippen molar-refractivity contribution in [3.8, 4) is 0 Å². The van der Waals surface area contributed by atoms with Gasteiger partial charge < -0.3 is 11.1 Å². The van der Waals surface area contributed by atoms with Crippen molar-refractivity contribution in [1.82, 2.24) is 10.2 Å². The molecule has 4 N–H and O–H groups in total. The van der Waals surface area contributed by atoms with Crippen LogP contribution in [0.5, 0.6) is 0 Å². The molecule has 0 radical (unpaired) electrons. The van der Waals surface area contributed by atoms with Crippen molar-refractivity contribution in [2.24, 2.45) is 0 Å². The molecule has 5 nitrogen and oxygen atoms in total. The van der Waals surface area contributed by atoms with Crippen LogP contribution in [0.25, 0.3) is 10.9 Å². The quantitative estimate of drug-likeness (QED) is 0.626. The second kappa shape index (κ2) is 4.65. The Labute approximate surface area is 113 Å². The maximum Gasteiger partial charge on any atom is 0.276 e. The Balaban J connectivity index is 1.97. The Morgan fingerprint density at radius 3 is 2.85 bits per heavy atom. The van der Waals surface area contributed by atoms with E-state index in [-0.39, 0.29) is 11.4 Å². The van der Waals surface area contributed by atoms with Crippen LogP contribution in [0.15, 0.2) is 42.5 Å². The number of amides is 1. The van der Waals surface area contributed by atoms with Gasteiger partial charge >= 0.3 is 0 Å². The smallest absolute Gasteiger partial charge is 0.276 e. The zero-order valence-electron chi connectivity index (χ0n) is 10.4. The Morgan fingerprint density at radius 1 is 1.25 bits per heavy atom. The van der Waals surface area contributed by atoms with Gasteiger partial charge in [-0.25, -0.2) is 4.39 Å². The van der Waals surface area contributed by atoms with Gasteiger partial charge in [-0.1, -0.05) is 12.1 Å². The molecule has 100 valence electrons. The molecule has 1 aromatic heterocycles. The van der Waals surface area contributed by atoms with Gasteiger partial charge in [0, 0.05) is 11.1 Å². The molecule has 0 aliphatic heterocycles. The summed E-state index contributed by atoms with van der Waals surface area (Å²) in [6.07, 6.45) is 0. The number of nitrogen functional groups attached to an aromatic ring is 1. The molecule has 6 heteroatoms.